The minimum Gasteiger partial charge on any atom is -0.434 e. The van der Waals surface area contributed by atoms with Crippen molar-refractivity contribution in [3.8, 4) is 0 Å². The molecule has 3 atom stereocenters. The van der Waals surface area contributed by atoms with Gasteiger partial charge in [-0.15, -0.1) is 0 Å². The second kappa shape index (κ2) is 18.0. The number of anilines is 1. The summed E-state index contributed by atoms with van der Waals surface area (Å²) in [7, 11) is -3.72. The number of nitrogens with zero attached hydrogens (tertiary/aromatic N) is 2. The average Bonchev–Trinajstić information content (AvgIpc) is 3.79. The van der Waals surface area contributed by atoms with Crippen LogP contribution in [0.1, 0.15) is 59.5 Å². The average molecular weight is 771 g/mol. The van der Waals surface area contributed by atoms with E-state index in [2.05, 4.69) is 9.71 Å². The first-order chi connectivity index (χ1) is 26.1. The van der Waals surface area contributed by atoms with Crippen molar-refractivity contribution in [2.45, 2.75) is 63.0 Å². The number of Topliss-reactive ketones (excluding diaryl/α,β-unsaturated/α-hetero) is 2. The van der Waals surface area contributed by atoms with Gasteiger partial charge in [0.25, 0.3) is 5.89 Å². The van der Waals surface area contributed by atoms with Crippen LogP contribution in [0.2, 0.25) is 5.02 Å². The fourth-order valence-corrected chi connectivity index (χ4v) is 8.03. The van der Waals surface area contributed by atoms with Gasteiger partial charge in [0.15, 0.2) is 11.4 Å². The van der Waals surface area contributed by atoms with E-state index in [1.54, 1.807) is 84.9 Å². The van der Waals surface area contributed by atoms with Crippen molar-refractivity contribution in [1.82, 2.24) is 9.88 Å². The van der Waals surface area contributed by atoms with Crippen molar-refractivity contribution >= 4 is 55.9 Å². The number of amides is 1. The van der Waals surface area contributed by atoms with Crippen molar-refractivity contribution < 1.29 is 32.0 Å². The van der Waals surface area contributed by atoms with Crippen LogP contribution in [-0.2, 0) is 43.1 Å². The number of likely N-dealkylation sites (tertiary alicyclic amines) is 1. The van der Waals surface area contributed by atoms with E-state index in [9.17, 15) is 22.8 Å². The summed E-state index contributed by atoms with van der Waals surface area (Å²) in [5, 5.41) is 0.600. The number of para-hydroxylation sites is 2. The van der Waals surface area contributed by atoms with Crippen LogP contribution in [0.15, 0.2) is 108 Å². The molecule has 1 fully saturated rings. The van der Waals surface area contributed by atoms with Crippen molar-refractivity contribution in [3.63, 3.8) is 0 Å². The fourth-order valence-electron chi connectivity index (χ4n) is 6.72. The summed E-state index contributed by atoms with van der Waals surface area (Å²) in [6.07, 6.45) is 1.34. The highest BCUT2D eigenvalue weighted by Crippen LogP contribution is 2.29. The van der Waals surface area contributed by atoms with Gasteiger partial charge < -0.3 is 19.8 Å². The lowest BCUT2D eigenvalue weighted by atomic mass is 9.89. The van der Waals surface area contributed by atoms with E-state index in [4.69, 9.17) is 26.5 Å². The van der Waals surface area contributed by atoms with Crippen LogP contribution in [-0.4, -0.2) is 61.0 Å². The Labute approximate surface area is 319 Å². The summed E-state index contributed by atoms with van der Waals surface area (Å²) in [6, 6.07) is 29.0. The monoisotopic (exact) mass is 770 g/mol. The molecule has 5 aromatic rings. The maximum absolute atomic E-state index is 14.2. The summed E-state index contributed by atoms with van der Waals surface area (Å²) in [4.78, 5) is 48.0. The van der Waals surface area contributed by atoms with E-state index in [0.717, 1.165) is 5.56 Å². The van der Waals surface area contributed by atoms with Crippen LogP contribution in [0.25, 0.3) is 11.1 Å². The van der Waals surface area contributed by atoms with E-state index in [1.165, 1.54) is 4.90 Å². The third-order valence-corrected chi connectivity index (χ3v) is 11.0. The lowest BCUT2D eigenvalue weighted by Gasteiger charge is -2.25. The van der Waals surface area contributed by atoms with E-state index >= 15 is 0 Å². The summed E-state index contributed by atoms with van der Waals surface area (Å²) >= 11 is 6.05. The topological polar surface area (TPSA) is 162 Å². The molecule has 0 aliphatic carbocycles. The molecule has 1 aromatic heterocycles. The fraction of sp³-hybridized carbons (Fsp3) is 0.317. The number of nitrogens with two attached hydrogens (primary N) is 1. The molecule has 4 aromatic carbocycles. The Morgan fingerprint density at radius 2 is 1.67 bits per heavy atom. The van der Waals surface area contributed by atoms with Crippen molar-refractivity contribution in [3.05, 3.63) is 131 Å². The Bertz CT molecular complexity index is 2140. The normalized spacial score (nSPS) is 16.4. The van der Waals surface area contributed by atoms with Crippen LogP contribution >= 0.6 is 11.6 Å². The van der Waals surface area contributed by atoms with Crippen molar-refractivity contribution in [1.29, 1.82) is 0 Å². The van der Waals surface area contributed by atoms with Crippen molar-refractivity contribution in [2.24, 2.45) is 11.7 Å². The standard InChI is InChI=1S/C41H43ClN4O7S/c42-32-18-16-28(17-19-32)26-52-34-24-36(37(47)23-31(12-6-7-20-43)40(49)41-44-35-14-4-5-15-38(35)53-41)46(25-34)39(48)22-30-11-8-13-33(21-30)45-54(50,51)27-29-9-2-1-3-10-29/h1-5,8-11,13-19,21,31,34,36,45H,6-7,12,20,22-27,43H2/t31-,34-,36+/m1/s1. The van der Waals surface area contributed by atoms with Gasteiger partial charge in [0.2, 0.25) is 21.7 Å². The maximum atomic E-state index is 14.2. The molecule has 0 spiro atoms. The van der Waals surface area contributed by atoms with Gasteiger partial charge in [-0.3, -0.25) is 19.1 Å². The molecule has 0 saturated carbocycles. The Morgan fingerprint density at radius 1 is 0.926 bits per heavy atom. The number of hydrogen-bond donors (Lipinski definition) is 2. The first-order valence-corrected chi connectivity index (χ1v) is 20.0. The number of benzene rings is 4. The molecule has 2 heterocycles. The van der Waals surface area contributed by atoms with Gasteiger partial charge in [0.05, 0.1) is 30.9 Å². The van der Waals surface area contributed by atoms with E-state index in [-0.39, 0.29) is 61.5 Å². The highest BCUT2D eigenvalue weighted by atomic mass is 35.5. The van der Waals surface area contributed by atoms with Crippen LogP contribution in [0, 0.1) is 5.92 Å². The number of ketones is 2. The molecule has 1 aliphatic rings. The van der Waals surface area contributed by atoms with E-state index in [1.807, 2.05) is 18.2 Å². The van der Waals surface area contributed by atoms with Gasteiger partial charge in [-0.2, -0.15) is 0 Å². The number of sulfonamides is 1. The second-order valence-corrected chi connectivity index (χ2v) is 15.7. The molecule has 1 aliphatic heterocycles. The SMILES string of the molecule is NCCCC[C@H](CC(=O)[C@@H]1C[C@@H](OCc2ccc(Cl)cc2)CN1C(=O)Cc1cccc(NS(=O)(=O)Cc2ccccc2)c1)C(=O)c1nc2ccccc2o1. The largest absolute Gasteiger partial charge is 0.434 e. The van der Waals surface area contributed by atoms with Crippen LogP contribution in [0.3, 0.4) is 0 Å². The quantitative estimate of drug-likeness (QED) is 0.0726. The number of nitrogens with one attached hydrogen (secondary N) is 1. The predicted octanol–water partition coefficient (Wildman–Crippen LogP) is 6.74. The smallest absolute Gasteiger partial charge is 0.264 e. The van der Waals surface area contributed by atoms with Gasteiger partial charge in [0.1, 0.15) is 5.52 Å². The predicted molar refractivity (Wildman–Crippen MR) is 207 cm³/mol. The number of carbonyl (C=O) groups is 3. The van der Waals surface area contributed by atoms with Gasteiger partial charge in [-0.05, 0) is 72.5 Å². The minimum absolute atomic E-state index is 0.0513. The third kappa shape index (κ3) is 10.4. The molecule has 1 saturated heterocycles. The van der Waals surface area contributed by atoms with Gasteiger partial charge in [-0.1, -0.05) is 84.8 Å². The molecule has 1 amide bonds. The summed E-state index contributed by atoms with van der Waals surface area (Å²) < 4.78 is 40.5. The first kappa shape index (κ1) is 38.8. The number of halogens is 1. The summed E-state index contributed by atoms with van der Waals surface area (Å²) in [5.41, 5.74) is 9.22. The van der Waals surface area contributed by atoms with Gasteiger partial charge >= 0.3 is 0 Å². The van der Waals surface area contributed by atoms with Crippen LogP contribution < -0.4 is 10.5 Å². The number of hydrogen-bond acceptors (Lipinski definition) is 9. The molecule has 0 unspecified atom stereocenters. The number of oxazole rings is 1. The minimum atomic E-state index is -3.72. The maximum Gasteiger partial charge on any atom is 0.264 e. The van der Waals surface area contributed by atoms with Crippen LogP contribution in [0.4, 0.5) is 5.69 Å². The highest BCUT2D eigenvalue weighted by molar-refractivity contribution is 7.91. The van der Waals surface area contributed by atoms with Gasteiger partial charge in [0, 0.05) is 36.0 Å². The molecule has 3 N–H and O–H groups in total. The number of carbonyl (C=O) groups excluding carboxylic acids is 3. The zero-order valence-corrected chi connectivity index (χ0v) is 31.3. The zero-order chi connectivity index (χ0) is 38.1. The van der Waals surface area contributed by atoms with Crippen LogP contribution in [0.5, 0.6) is 0 Å². The Balaban J connectivity index is 1.19. The zero-order valence-electron chi connectivity index (χ0n) is 29.7. The number of ether oxygens (including phenoxy) is 1. The number of rotatable bonds is 18. The molecule has 54 heavy (non-hydrogen) atoms. The number of aromatic nitrogens is 1. The molecule has 282 valence electrons. The molecular weight excluding hydrogens is 728 g/mol. The molecule has 11 nitrogen and oxygen atoms in total. The Morgan fingerprint density at radius 3 is 2.43 bits per heavy atom. The second-order valence-electron chi connectivity index (χ2n) is 13.6. The Hall–Kier alpha value is -4.88. The molecular formula is C41H43ClN4O7S. The highest BCUT2D eigenvalue weighted by Gasteiger charge is 2.41. The molecule has 6 rings (SSSR count). The van der Waals surface area contributed by atoms with Crippen molar-refractivity contribution in [2.75, 3.05) is 17.8 Å². The summed E-state index contributed by atoms with van der Waals surface area (Å²) in [6.45, 7) is 0.877. The van der Waals surface area contributed by atoms with E-state index in [0.29, 0.717) is 58.7 Å². The van der Waals surface area contributed by atoms with Gasteiger partial charge in [-0.25, -0.2) is 13.4 Å². The Kier molecular flexibility index (Phi) is 12.9. The third-order valence-electron chi connectivity index (χ3n) is 9.44. The van der Waals surface area contributed by atoms with E-state index < -0.39 is 28.1 Å². The molecule has 13 heteroatoms. The number of fused-ring (bicyclic) bond motifs is 1. The summed E-state index contributed by atoms with van der Waals surface area (Å²) in [5.74, 6) is -1.91. The molecule has 0 bridgehead atoms. The molecule has 0 radical (unpaired) electrons. The lowest BCUT2D eigenvalue weighted by Crippen LogP contribution is -2.42. The number of unbranched alkanes of at least 4 members (excludes halogenated alkanes) is 1. The first-order valence-electron chi connectivity index (χ1n) is 18.0. The lowest BCUT2D eigenvalue weighted by molar-refractivity contribution is -0.137.